The van der Waals surface area contributed by atoms with Gasteiger partial charge in [-0.1, -0.05) is 47.0 Å². The molecule has 122 valence electrons. The second-order valence-electron chi connectivity index (χ2n) is 9.27. The van der Waals surface area contributed by atoms with Crippen molar-refractivity contribution in [3.63, 3.8) is 0 Å². The highest BCUT2D eigenvalue weighted by Gasteiger charge is 2.45. The van der Waals surface area contributed by atoms with E-state index in [0.29, 0.717) is 11.0 Å². The van der Waals surface area contributed by atoms with Gasteiger partial charge in [-0.05, 0) is 43.4 Å². The first-order valence-electron chi connectivity index (χ1n) is 9.42. The summed E-state index contributed by atoms with van der Waals surface area (Å²) < 4.78 is 0. The van der Waals surface area contributed by atoms with Gasteiger partial charge in [-0.3, -0.25) is 4.90 Å². The average molecular weight is 293 g/mol. The largest absolute Gasteiger partial charge is 0.308 e. The van der Waals surface area contributed by atoms with E-state index in [1.807, 2.05) is 0 Å². The summed E-state index contributed by atoms with van der Waals surface area (Å²) in [5.74, 6) is 0.766. The molecule has 2 atom stereocenters. The molecule has 1 heterocycles. The Labute approximate surface area is 132 Å². The molecule has 0 aromatic heterocycles. The van der Waals surface area contributed by atoms with Crippen LogP contribution in [0, 0.1) is 11.3 Å². The molecular formula is C19H36N2. The van der Waals surface area contributed by atoms with Crippen molar-refractivity contribution in [3.05, 3.63) is 0 Å². The first-order chi connectivity index (χ1) is 9.91. The molecule has 21 heavy (non-hydrogen) atoms. The van der Waals surface area contributed by atoms with Crippen LogP contribution in [0.15, 0.2) is 0 Å². The van der Waals surface area contributed by atoms with Crippen LogP contribution in [0.2, 0.25) is 0 Å². The van der Waals surface area contributed by atoms with Crippen molar-refractivity contribution < 1.29 is 0 Å². The second kappa shape index (κ2) is 5.85. The van der Waals surface area contributed by atoms with E-state index >= 15 is 0 Å². The zero-order valence-electron chi connectivity index (χ0n) is 14.8. The number of hydrogen-bond acceptors (Lipinski definition) is 2. The van der Waals surface area contributed by atoms with Crippen molar-refractivity contribution in [2.45, 2.75) is 96.7 Å². The van der Waals surface area contributed by atoms with Gasteiger partial charge < -0.3 is 5.32 Å². The molecule has 0 aromatic rings. The predicted molar refractivity (Wildman–Crippen MR) is 90.6 cm³/mol. The molecule has 1 N–H and O–H groups in total. The van der Waals surface area contributed by atoms with Gasteiger partial charge in [0.05, 0.1) is 0 Å². The zero-order chi connectivity index (χ0) is 15.1. The van der Waals surface area contributed by atoms with Crippen LogP contribution in [0.3, 0.4) is 0 Å². The maximum absolute atomic E-state index is 4.00. The third kappa shape index (κ3) is 3.32. The molecular weight excluding hydrogens is 256 g/mol. The average Bonchev–Trinajstić information content (AvgIpc) is 2.79. The molecule has 2 nitrogen and oxygen atoms in total. The predicted octanol–water partition coefficient (Wildman–Crippen LogP) is 4.20. The maximum atomic E-state index is 4.00. The van der Waals surface area contributed by atoms with E-state index in [-0.39, 0.29) is 0 Å². The van der Waals surface area contributed by atoms with Crippen LogP contribution in [0.1, 0.15) is 79.1 Å². The van der Waals surface area contributed by atoms with E-state index in [0.717, 1.165) is 18.0 Å². The molecule has 2 unspecified atom stereocenters. The number of hydrogen-bond donors (Lipinski definition) is 1. The number of piperazine rings is 1. The van der Waals surface area contributed by atoms with Gasteiger partial charge in [0.1, 0.15) is 0 Å². The summed E-state index contributed by atoms with van der Waals surface area (Å²) in [6.07, 6.45) is 11.4. The van der Waals surface area contributed by atoms with Gasteiger partial charge in [-0.15, -0.1) is 0 Å². The first-order valence-corrected chi connectivity index (χ1v) is 9.42. The van der Waals surface area contributed by atoms with Crippen LogP contribution in [0.5, 0.6) is 0 Å². The summed E-state index contributed by atoms with van der Waals surface area (Å²) >= 11 is 0. The minimum absolute atomic E-state index is 0.455. The smallest absolute Gasteiger partial charge is 0.0309 e. The lowest BCUT2D eigenvalue weighted by molar-refractivity contribution is 0.00518. The SMILES string of the molecule is CC(C)C1CNC2(CCCCC2)CN1C1CCC(C)(C)C1. The Kier molecular flexibility index (Phi) is 4.40. The van der Waals surface area contributed by atoms with Gasteiger partial charge >= 0.3 is 0 Å². The number of nitrogens with zero attached hydrogens (tertiary/aromatic N) is 1. The van der Waals surface area contributed by atoms with Crippen LogP contribution in [-0.2, 0) is 0 Å². The lowest BCUT2D eigenvalue weighted by Gasteiger charge is -2.53. The van der Waals surface area contributed by atoms with E-state index in [1.165, 1.54) is 64.5 Å². The molecule has 0 aromatic carbocycles. The van der Waals surface area contributed by atoms with E-state index in [4.69, 9.17) is 0 Å². The lowest BCUT2D eigenvalue weighted by Crippen LogP contribution is -2.67. The van der Waals surface area contributed by atoms with Gasteiger partial charge in [0.2, 0.25) is 0 Å². The molecule has 3 fully saturated rings. The monoisotopic (exact) mass is 292 g/mol. The molecule has 0 bridgehead atoms. The van der Waals surface area contributed by atoms with Gasteiger partial charge in [0.15, 0.2) is 0 Å². The molecule has 2 saturated carbocycles. The minimum atomic E-state index is 0.455. The van der Waals surface area contributed by atoms with Crippen molar-refractivity contribution in [2.75, 3.05) is 13.1 Å². The van der Waals surface area contributed by atoms with Crippen molar-refractivity contribution in [2.24, 2.45) is 11.3 Å². The van der Waals surface area contributed by atoms with Gasteiger partial charge in [0, 0.05) is 30.7 Å². The van der Waals surface area contributed by atoms with Crippen molar-refractivity contribution in [1.82, 2.24) is 10.2 Å². The fourth-order valence-corrected chi connectivity index (χ4v) is 5.23. The highest BCUT2D eigenvalue weighted by atomic mass is 15.3. The Morgan fingerprint density at radius 2 is 1.76 bits per heavy atom. The molecule has 1 saturated heterocycles. The Bertz CT molecular complexity index is 355. The zero-order valence-corrected chi connectivity index (χ0v) is 14.8. The second-order valence-corrected chi connectivity index (χ2v) is 9.27. The fraction of sp³-hybridized carbons (Fsp3) is 1.00. The van der Waals surface area contributed by atoms with Crippen molar-refractivity contribution in [3.8, 4) is 0 Å². The molecule has 1 aliphatic heterocycles. The summed E-state index contributed by atoms with van der Waals surface area (Å²) in [5, 5.41) is 4.00. The lowest BCUT2D eigenvalue weighted by atomic mass is 9.78. The topological polar surface area (TPSA) is 15.3 Å². The first kappa shape index (κ1) is 15.8. The Hall–Kier alpha value is -0.0800. The maximum Gasteiger partial charge on any atom is 0.0309 e. The van der Waals surface area contributed by atoms with E-state index in [1.54, 1.807) is 0 Å². The summed E-state index contributed by atoms with van der Waals surface area (Å²) in [4.78, 5) is 2.95. The van der Waals surface area contributed by atoms with Gasteiger partial charge in [-0.25, -0.2) is 0 Å². The van der Waals surface area contributed by atoms with Crippen molar-refractivity contribution >= 4 is 0 Å². The third-order valence-electron chi connectivity index (χ3n) is 6.59. The normalized spacial score (nSPS) is 36.4. The number of nitrogens with one attached hydrogen (secondary N) is 1. The van der Waals surface area contributed by atoms with Crippen molar-refractivity contribution in [1.29, 1.82) is 0 Å². The van der Waals surface area contributed by atoms with E-state index in [9.17, 15) is 0 Å². The summed E-state index contributed by atoms with van der Waals surface area (Å²) in [6, 6.07) is 1.59. The fourth-order valence-electron chi connectivity index (χ4n) is 5.23. The van der Waals surface area contributed by atoms with Gasteiger partial charge in [0.25, 0.3) is 0 Å². The number of rotatable bonds is 2. The summed E-state index contributed by atoms with van der Waals surface area (Å²) in [6.45, 7) is 12.3. The van der Waals surface area contributed by atoms with E-state index in [2.05, 4.69) is 37.9 Å². The molecule has 2 heteroatoms. The highest BCUT2D eigenvalue weighted by Crippen LogP contribution is 2.43. The molecule has 0 radical (unpaired) electrons. The quantitative estimate of drug-likeness (QED) is 0.820. The minimum Gasteiger partial charge on any atom is -0.308 e. The molecule has 2 aliphatic carbocycles. The Balaban J connectivity index is 1.75. The van der Waals surface area contributed by atoms with Crippen LogP contribution in [0.4, 0.5) is 0 Å². The van der Waals surface area contributed by atoms with Gasteiger partial charge in [-0.2, -0.15) is 0 Å². The van der Waals surface area contributed by atoms with Crippen LogP contribution >= 0.6 is 0 Å². The van der Waals surface area contributed by atoms with Crippen LogP contribution < -0.4 is 5.32 Å². The third-order valence-corrected chi connectivity index (χ3v) is 6.59. The molecule has 0 amide bonds. The molecule has 1 spiro atoms. The highest BCUT2D eigenvalue weighted by molar-refractivity contribution is 5.03. The summed E-state index contributed by atoms with van der Waals surface area (Å²) in [7, 11) is 0. The van der Waals surface area contributed by atoms with E-state index < -0.39 is 0 Å². The van der Waals surface area contributed by atoms with Crippen LogP contribution in [0.25, 0.3) is 0 Å². The molecule has 3 aliphatic rings. The Morgan fingerprint density at radius 1 is 1.05 bits per heavy atom. The standard InChI is InChI=1S/C19H36N2/c1-15(2)17-13-20-19(9-6-5-7-10-19)14-21(17)16-8-11-18(3,4)12-16/h15-17,20H,5-14H2,1-4H3. The Morgan fingerprint density at radius 3 is 2.33 bits per heavy atom. The summed E-state index contributed by atoms with van der Waals surface area (Å²) in [5.41, 5.74) is 1.02. The van der Waals surface area contributed by atoms with Crippen LogP contribution in [-0.4, -0.2) is 35.6 Å². The molecule has 3 rings (SSSR count).